The van der Waals surface area contributed by atoms with E-state index < -0.39 is 0 Å². The molecule has 0 bridgehead atoms. The second-order valence-corrected chi connectivity index (χ2v) is 2.70. The standard InChI is InChI=1S/C8H9N3/c1-5-4-11-8-6(9)2-3-10-7(5)8/h2-5H,1H3,(H2,9,10). The number of rotatable bonds is 0. The molecule has 2 rings (SSSR count). The summed E-state index contributed by atoms with van der Waals surface area (Å²) in [6, 6.07) is 1.77. The molecule has 56 valence electrons. The van der Waals surface area contributed by atoms with E-state index in [1.165, 1.54) is 0 Å². The van der Waals surface area contributed by atoms with Gasteiger partial charge < -0.3 is 5.73 Å². The third-order valence-electron chi connectivity index (χ3n) is 1.84. The van der Waals surface area contributed by atoms with Crippen LogP contribution in [0.2, 0.25) is 0 Å². The topological polar surface area (TPSA) is 51.3 Å². The quantitative estimate of drug-likeness (QED) is 0.604. The third kappa shape index (κ3) is 0.808. The fourth-order valence-electron chi connectivity index (χ4n) is 1.22. The lowest BCUT2D eigenvalue weighted by Crippen LogP contribution is -1.94. The van der Waals surface area contributed by atoms with Crippen molar-refractivity contribution in [3.05, 3.63) is 18.0 Å². The van der Waals surface area contributed by atoms with E-state index in [0.717, 1.165) is 17.1 Å². The number of fused-ring (bicyclic) bond motifs is 1. The zero-order valence-corrected chi connectivity index (χ0v) is 6.28. The Morgan fingerprint density at radius 1 is 1.55 bits per heavy atom. The van der Waals surface area contributed by atoms with Crippen molar-refractivity contribution in [2.24, 2.45) is 4.99 Å². The Morgan fingerprint density at radius 2 is 2.36 bits per heavy atom. The smallest absolute Gasteiger partial charge is 0.108 e. The third-order valence-corrected chi connectivity index (χ3v) is 1.84. The Balaban J connectivity index is 2.65. The number of nitrogen functional groups attached to an aromatic ring is 1. The Morgan fingerprint density at radius 3 is 3.09 bits per heavy atom. The van der Waals surface area contributed by atoms with Crippen molar-refractivity contribution in [3.8, 4) is 0 Å². The van der Waals surface area contributed by atoms with Crippen LogP contribution < -0.4 is 5.73 Å². The summed E-state index contributed by atoms with van der Waals surface area (Å²) in [4.78, 5) is 8.36. The zero-order chi connectivity index (χ0) is 7.84. The van der Waals surface area contributed by atoms with Crippen molar-refractivity contribution >= 4 is 17.6 Å². The summed E-state index contributed by atoms with van der Waals surface area (Å²) < 4.78 is 0. The number of hydrogen-bond acceptors (Lipinski definition) is 3. The van der Waals surface area contributed by atoms with Crippen LogP contribution in [-0.2, 0) is 0 Å². The van der Waals surface area contributed by atoms with Crippen molar-refractivity contribution in [1.29, 1.82) is 0 Å². The fraction of sp³-hybridized carbons (Fsp3) is 0.250. The van der Waals surface area contributed by atoms with Gasteiger partial charge in [-0.15, -0.1) is 0 Å². The van der Waals surface area contributed by atoms with Crippen LogP contribution >= 0.6 is 0 Å². The Kier molecular flexibility index (Phi) is 1.18. The molecule has 2 heterocycles. The van der Waals surface area contributed by atoms with Crippen molar-refractivity contribution in [2.45, 2.75) is 12.8 Å². The highest BCUT2D eigenvalue weighted by molar-refractivity contribution is 5.84. The summed E-state index contributed by atoms with van der Waals surface area (Å²) in [6.07, 6.45) is 3.59. The minimum absolute atomic E-state index is 0.313. The maximum absolute atomic E-state index is 5.68. The van der Waals surface area contributed by atoms with E-state index in [1.54, 1.807) is 12.3 Å². The molecule has 1 aromatic rings. The summed E-state index contributed by atoms with van der Waals surface area (Å²) in [5.41, 5.74) is 8.24. The number of pyridine rings is 1. The lowest BCUT2D eigenvalue weighted by atomic mass is 10.1. The molecule has 3 heteroatoms. The average molecular weight is 147 g/mol. The summed E-state index contributed by atoms with van der Waals surface area (Å²) in [5, 5.41) is 0. The molecule has 0 fully saturated rings. The monoisotopic (exact) mass is 147 g/mol. The van der Waals surface area contributed by atoms with E-state index in [9.17, 15) is 0 Å². The van der Waals surface area contributed by atoms with Crippen molar-refractivity contribution in [2.75, 3.05) is 5.73 Å². The van der Waals surface area contributed by atoms with Gasteiger partial charge >= 0.3 is 0 Å². The molecule has 0 aromatic carbocycles. The highest BCUT2D eigenvalue weighted by atomic mass is 14.9. The SMILES string of the molecule is CC1C=Nc2c(N)ccnc21. The van der Waals surface area contributed by atoms with Crippen LogP contribution in [0.3, 0.4) is 0 Å². The van der Waals surface area contributed by atoms with Gasteiger partial charge in [0.2, 0.25) is 0 Å². The maximum Gasteiger partial charge on any atom is 0.108 e. The molecule has 0 saturated heterocycles. The predicted octanol–water partition coefficient (Wildman–Crippen LogP) is 1.48. The molecule has 0 radical (unpaired) electrons. The van der Waals surface area contributed by atoms with Gasteiger partial charge in [-0.25, -0.2) is 0 Å². The molecule has 1 atom stereocenters. The van der Waals surface area contributed by atoms with E-state index in [1.807, 2.05) is 6.21 Å². The molecule has 1 aromatic heterocycles. The van der Waals surface area contributed by atoms with Crippen LogP contribution in [0.4, 0.5) is 11.4 Å². The van der Waals surface area contributed by atoms with Gasteiger partial charge in [0.1, 0.15) is 5.69 Å². The lowest BCUT2D eigenvalue weighted by Gasteiger charge is -2.01. The first-order chi connectivity index (χ1) is 5.29. The van der Waals surface area contributed by atoms with Crippen LogP contribution in [0, 0.1) is 0 Å². The van der Waals surface area contributed by atoms with Crippen LogP contribution in [0.15, 0.2) is 17.3 Å². The van der Waals surface area contributed by atoms with Crippen molar-refractivity contribution < 1.29 is 0 Å². The normalized spacial score (nSPS) is 20.3. The fourth-order valence-corrected chi connectivity index (χ4v) is 1.22. The Bertz CT molecular complexity index is 317. The summed E-state index contributed by atoms with van der Waals surface area (Å²) in [5.74, 6) is 0.313. The average Bonchev–Trinajstić information content (AvgIpc) is 2.35. The van der Waals surface area contributed by atoms with Gasteiger partial charge in [0, 0.05) is 18.3 Å². The molecular formula is C8H9N3. The second-order valence-electron chi connectivity index (χ2n) is 2.70. The molecule has 0 amide bonds. The van der Waals surface area contributed by atoms with Gasteiger partial charge in [0.25, 0.3) is 0 Å². The van der Waals surface area contributed by atoms with E-state index >= 15 is 0 Å². The zero-order valence-electron chi connectivity index (χ0n) is 6.28. The highest BCUT2D eigenvalue weighted by Gasteiger charge is 2.17. The van der Waals surface area contributed by atoms with Gasteiger partial charge in [0.05, 0.1) is 11.4 Å². The molecule has 0 saturated carbocycles. The van der Waals surface area contributed by atoms with E-state index in [0.29, 0.717) is 5.92 Å². The number of nitrogens with two attached hydrogens (primary N) is 1. The molecule has 3 nitrogen and oxygen atoms in total. The lowest BCUT2D eigenvalue weighted by molar-refractivity contribution is 0.997. The molecule has 2 N–H and O–H groups in total. The van der Waals surface area contributed by atoms with Crippen LogP contribution in [0.1, 0.15) is 18.5 Å². The van der Waals surface area contributed by atoms with Gasteiger partial charge in [0.15, 0.2) is 0 Å². The first-order valence-electron chi connectivity index (χ1n) is 3.57. The van der Waals surface area contributed by atoms with E-state index in [4.69, 9.17) is 5.73 Å². The van der Waals surface area contributed by atoms with Crippen molar-refractivity contribution in [1.82, 2.24) is 4.98 Å². The van der Waals surface area contributed by atoms with Crippen molar-refractivity contribution in [3.63, 3.8) is 0 Å². The Labute approximate surface area is 65.0 Å². The number of aromatic nitrogens is 1. The van der Waals surface area contributed by atoms with Crippen LogP contribution in [-0.4, -0.2) is 11.2 Å². The minimum Gasteiger partial charge on any atom is -0.397 e. The molecule has 11 heavy (non-hydrogen) atoms. The summed E-state index contributed by atoms with van der Waals surface area (Å²) in [6.45, 7) is 2.06. The minimum atomic E-state index is 0.313. The molecule has 1 unspecified atom stereocenters. The first-order valence-corrected chi connectivity index (χ1v) is 3.57. The Hall–Kier alpha value is -1.38. The van der Waals surface area contributed by atoms with Crippen LogP contribution in [0.5, 0.6) is 0 Å². The number of hydrogen-bond donors (Lipinski definition) is 1. The summed E-state index contributed by atoms with van der Waals surface area (Å²) >= 11 is 0. The molecule has 1 aliphatic rings. The van der Waals surface area contributed by atoms with Gasteiger partial charge in [-0.1, -0.05) is 6.92 Å². The highest BCUT2D eigenvalue weighted by Crippen LogP contribution is 2.34. The van der Waals surface area contributed by atoms with Crippen LogP contribution in [0.25, 0.3) is 0 Å². The first kappa shape index (κ1) is 6.34. The van der Waals surface area contributed by atoms with E-state index in [-0.39, 0.29) is 0 Å². The molecule has 0 aliphatic carbocycles. The molecule has 0 spiro atoms. The van der Waals surface area contributed by atoms with Gasteiger partial charge in [-0.05, 0) is 6.07 Å². The van der Waals surface area contributed by atoms with E-state index in [2.05, 4.69) is 16.9 Å². The number of aliphatic imine (C=N–C) groups is 1. The summed E-state index contributed by atoms with van der Waals surface area (Å²) in [7, 11) is 0. The van der Waals surface area contributed by atoms with Gasteiger partial charge in [-0.3, -0.25) is 9.98 Å². The van der Waals surface area contributed by atoms with Gasteiger partial charge in [-0.2, -0.15) is 0 Å². The number of anilines is 1. The number of nitrogens with zero attached hydrogens (tertiary/aromatic N) is 2. The predicted molar refractivity (Wildman–Crippen MR) is 45.2 cm³/mol. The second kappa shape index (κ2) is 2.05. The maximum atomic E-state index is 5.68. The molecular weight excluding hydrogens is 138 g/mol. The largest absolute Gasteiger partial charge is 0.397 e. The molecule has 1 aliphatic heterocycles.